The molecular weight excluding hydrogens is 452 g/mol. The van der Waals surface area contributed by atoms with E-state index in [2.05, 4.69) is 5.32 Å². The van der Waals surface area contributed by atoms with Crippen molar-refractivity contribution in [2.24, 2.45) is 0 Å². The highest BCUT2D eigenvalue weighted by atomic mass is 35.5. The Labute approximate surface area is 203 Å². The normalized spacial score (nSPS) is 15.3. The monoisotopic (exact) mass is 476 g/mol. The number of hydrogen-bond donors (Lipinski definition) is 1. The average Bonchev–Trinajstić information content (AvgIpc) is 2.82. The maximum absolute atomic E-state index is 13.5. The Kier molecular flexibility index (Phi) is 7.21. The van der Waals surface area contributed by atoms with Gasteiger partial charge in [0.1, 0.15) is 0 Å². The number of rotatable bonds is 6. The third-order valence-electron chi connectivity index (χ3n) is 5.52. The van der Waals surface area contributed by atoms with Crippen molar-refractivity contribution in [1.29, 1.82) is 0 Å². The summed E-state index contributed by atoms with van der Waals surface area (Å²) in [6, 6.07) is 22.9. The van der Waals surface area contributed by atoms with Crippen LogP contribution in [0.25, 0.3) is 6.08 Å². The van der Waals surface area contributed by atoms with Crippen molar-refractivity contribution >= 4 is 46.9 Å². The van der Waals surface area contributed by atoms with E-state index in [4.69, 9.17) is 11.6 Å². The van der Waals surface area contributed by atoms with Gasteiger partial charge in [-0.3, -0.25) is 9.59 Å². The average molecular weight is 477 g/mol. The number of fused-ring (bicyclic) bond motifs is 1. The summed E-state index contributed by atoms with van der Waals surface area (Å²) in [5.41, 5.74) is 3.33. The molecule has 33 heavy (non-hydrogen) atoms. The molecule has 1 N–H and O–H groups in total. The first-order chi connectivity index (χ1) is 15.9. The third kappa shape index (κ3) is 5.49. The number of benzene rings is 3. The fourth-order valence-electron chi connectivity index (χ4n) is 3.53. The first-order valence-electron chi connectivity index (χ1n) is 10.9. The third-order valence-corrected chi connectivity index (χ3v) is 6.83. The van der Waals surface area contributed by atoms with Crippen LogP contribution in [0.4, 0.5) is 5.69 Å². The van der Waals surface area contributed by atoms with Crippen LogP contribution in [0, 0.1) is 0 Å². The number of nitrogens with one attached hydrogen (secondary N) is 1. The van der Waals surface area contributed by atoms with Crippen molar-refractivity contribution in [1.82, 2.24) is 5.32 Å². The Morgan fingerprint density at radius 1 is 1.09 bits per heavy atom. The quantitative estimate of drug-likeness (QED) is 0.410. The van der Waals surface area contributed by atoms with Crippen LogP contribution >= 0.6 is 23.4 Å². The van der Waals surface area contributed by atoms with Crippen LogP contribution in [-0.2, 0) is 11.3 Å². The minimum absolute atomic E-state index is 0.0581. The summed E-state index contributed by atoms with van der Waals surface area (Å²) in [5, 5.41) is 3.62. The molecule has 0 radical (unpaired) electrons. The van der Waals surface area contributed by atoms with E-state index in [1.807, 2.05) is 80.6 Å². The molecule has 0 fully saturated rings. The summed E-state index contributed by atoms with van der Waals surface area (Å²) >= 11 is 7.62. The molecule has 0 saturated carbocycles. The second kappa shape index (κ2) is 10.3. The molecule has 3 aromatic carbocycles. The predicted molar refractivity (Wildman–Crippen MR) is 137 cm³/mol. The molecule has 4 nitrogen and oxygen atoms in total. The Morgan fingerprint density at radius 3 is 2.58 bits per heavy atom. The molecule has 0 saturated heterocycles. The van der Waals surface area contributed by atoms with Gasteiger partial charge in [-0.1, -0.05) is 66.7 Å². The lowest BCUT2D eigenvalue weighted by molar-refractivity contribution is -0.114. The molecule has 4 rings (SSSR count). The van der Waals surface area contributed by atoms with E-state index in [9.17, 15) is 9.59 Å². The largest absolute Gasteiger partial charge is 0.350 e. The Bertz CT molecular complexity index is 1210. The van der Waals surface area contributed by atoms with Crippen LogP contribution in [0.2, 0.25) is 5.02 Å². The van der Waals surface area contributed by atoms with Crippen LogP contribution in [-0.4, -0.2) is 17.9 Å². The smallest absolute Gasteiger partial charge is 0.265 e. The number of para-hydroxylation sites is 1. The molecule has 0 unspecified atom stereocenters. The van der Waals surface area contributed by atoms with E-state index in [1.54, 1.807) is 17.0 Å². The zero-order valence-electron chi connectivity index (χ0n) is 18.5. The number of amides is 2. The predicted octanol–water partition coefficient (Wildman–Crippen LogP) is 6.55. The summed E-state index contributed by atoms with van der Waals surface area (Å²) in [4.78, 5) is 29.2. The van der Waals surface area contributed by atoms with Crippen molar-refractivity contribution < 1.29 is 9.59 Å². The van der Waals surface area contributed by atoms with Gasteiger partial charge in [0.25, 0.3) is 11.8 Å². The lowest BCUT2D eigenvalue weighted by atomic mass is 10.1. The Balaban J connectivity index is 1.60. The van der Waals surface area contributed by atoms with Gasteiger partial charge in [0, 0.05) is 21.5 Å². The maximum atomic E-state index is 13.5. The molecule has 1 aliphatic heterocycles. The molecule has 1 aliphatic rings. The maximum Gasteiger partial charge on any atom is 0.265 e. The van der Waals surface area contributed by atoms with Gasteiger partial charge in [-0.25, -0.2) is 0 Å². The minimum atomic E-state index is -0.0895. The van der Waals surface area contributed by atoms with Crippen molar-refractivity contribution in [3.05, 3.63) is 99.4 Å². The molecular formula is C27H25ClN2O2S. The number of thioether (sulfide) groups is 1. The van der Waals surface area contributed by atoms with Gasteiger partial charge in [-0.2, -0.15) is 0 Å². The minimum Gasteiger partial charge on any atom is -0.350 e. The van der Waals surface area contributed by atoms with Crippen LogP contribution < -0.4 is 10.2 Å². The topological polar surface area (TPSA) is 49.4 Å². The summed E-state index contributed by atoms with van der Waals surface area (Å²) in [6.07, 6.45) is 2.76. The number of halogens is 1. The van der Waals surface area contributed by atoms with E-state index in [0.29, 0.717) is 22.0 Å². The SMILES string of the molecule is CC[C@H](C)NC(=O)c1ccc(/C=C2/Sc3ccccc3N(Cc3cccc(Cl)c3)C2=O)cc1. The molecule has 1 heterocycles. The number of anilines is 1. The lowest BCUT2D eigenvalue weighted by Gasteiger charge is -2.30. The van der Waals surface area contributed by atoms with Gasteiger partial charge in [-0.05, 0) is 66.9 Å². The van der Waals surface area contributed by atoms with Crippen molar-refractivity contribution in [3.63, 3.8) is 0 Å². The van der Waals surface area contributed by atoms with Gasteiger partial charge in [0.2, 0.25) is 0 Å². The van der Waals surface area contributed by atoms with Gasteiger partial charge < -0.3 is 10.2 Å². The van der Waals surface area contributed by atoms with Crippen molar-refractivity contribution in [2.75, 3.05) is 4.90 Å². The van der Waals surface area contributed by atoms with Gasteiger partial charge in [0.05, 0.1) is 17.1 Å². The molecule has 2 amide bonds. The molecule has 1 atom stereocenters. The van der Waals surface area contributed by atoms with Crippen LogP contribution in [0.15, 0.2) is 82.6 Å². The highest BCUT2D eigenvalue weighted by Gasteiger charge is 2.29. The molecule has 0 bridgehead atoms. The number of hydrogen-bond acceptors (Lipinski definition) is 3. The van der Waals surface area contributed by atoms with E-state index < -0.39 is 0 Å². The van der Waals surface area contributed by atoms with Crippen LogP contribution in [0.1, 0.15) is 41.8 Å². The number of nitrogens with zero attached hydrogens (tertiary/aromatic N) is 1. The second-order valence-corrected chi connectivity index (χ2v) is 9.52. The summed E-state index contributed by atoms with van der Waals surface area (Å²) in [7, 11) is 0. The van der Waals surface area contributed by atoms with Crippen molar-refractivity contribution in [2.45, 2.75) is 37.8 Å². The molecule has 0 spiro atoms. The summed E-state index contributed by atoms with van der Waals surface area (Å²) in [5.74, 6) is -0.148. The first-order valence-corrected chi connectivity index (χ1v) is 12.1. The van der Waals surface area contributed by atoms with Crippen LogP contribution in [0.3, 0.4) is 0 Å². The Morgan fingerprint density at radius 2 is 1.85 bits per heavy atom. The zero-order chi connectivity index (χ0) is 23.4. The summed E-state index contributed by atoms with van der Waals surface area (Å²) < 4.78 is 0. The summed E-state index contributed by atoms with van der Waals surface area (Å²) in [6.45, 7) is 4.45. The zero-order valence-corrected chi connectivity index (χ0v) is 20.1. The van der Waals surface area contributed by atoms with Gasteiger partial charge >= 0.3 is 0 Å². The van der Waals surface area contributed by atoms with Gasteiger partial charge in [0.15, 0.2) is 0 Å². The van der Waals surface area contributed by atoms with E-state index in [1.165, 1.54) is 11.8 Å². The molecule has 3 aromatic rings. The fourth-order valence-corrected chi connectivity index (χ4v) is 4.80. The highest BCUT2D eigenvalue weighted by Crippen LogP contribution is 2.42. The molecule has 0 aliphatic carbocycles. The second-order valence-electron chi connectivity index (χ2n) is 8.00. The van der Waals surface area contributed by atoms with E-state index in [-0.39, 0.29) is 17.9 Å². The van der Waals surface area contributed by atoms with Gasteiger partial charge in [-0.15, -0.1) is 0 Å². The lowest BCUT2D eigenvalue weighted by Crippen LogP contribution is -2.33. The first kappa shape index (κ1) is 23.1. The Hall–Kier alpha value is -3.02. The number of carbonyl (C=O) groups is 2. The van der Waals surface area contributed by atoms with Crippen molar-refractivity contribution in [3.8, 4) is 0 Å². The fraction of sp³-hybridized carbons (Fsp3) is 0.185. The highest BCUT2D eigenvalue weighted by molar-refractivity contribution is 8.04. The van der Waals surface area contributed by atoms with E-state index in [0.717, 1.165) is 28.1 Å². The molecule has 6 heteroatoms. The molecule has 168 valence electrons. The standard InChI is InChI=1S/C27H25ClN2O2S/c1-3-18(2)29-26(31)21-13-11-19(12-14-21)16-25-27(32)30(17-20-7-6-8-22(28)15-20)23-9-4-5-10-24(23)33-25/h4-16,18H,3,17H2,1-2H3,(H,29,31)/b25-16+/t18-/m0/s1. The van der Waals surface area contributed by atoms with E-state index >= 15 is 0 Å². The molecule has 0 aromatic heterocycles. The van der Waals surface area contributed by atoms with Crippen LogP contribution in [0.5, 0.6) is 0 Å². The number of carbonyl (C=O) groups excluding carboxylic acids is 2.